The number of benzene rings is 2. The molecule has 0 radical (unpaired) electrons. The van der Waals surface area contributed by atoms with Crippen LogP contribution >= 0.6 is 0 Å². The second-order valence-electron chi connectivity index (χ2n) is 5.27. The Labute approximate surface area is 157 Å². The highest BCUT2D eigenvalue weighted by atomic mass is 16.8. The van der Waals surface area contributed by atoms with Gasteiger partial charge in [0.2, 0.25) is 11.4 Å². The summed E-state index contributed by atoms with van der Waals surface area (Å²) >= 11 is 0. The molecule has 0 fully saturated rings. The van der Waals surface area contributed by atoms with Crippen molar-refractivity contribution >= 4 is 23.3 Å². The van der Waals surface area contributed by atoms with Gasteiger partial charge < -0.3 is 30.1 Å². The minimum absolute atomic E-state index is 0.200. The first-order chi connectivity index (χ1) is 13.2. The van der Waals surface area contributed by atoms with Crippen molar-refractivity contribution in [3.05, 3.63) is 57.9 Å². The Morgan fingerprint density at radius 1 is 0.786 bits per heavy atom. The van der Waals surface area contributed by atoms with Crippen LogP contribution in [0.2, 0.25) is 0 Å². The van der Waals surface area contributed by atoms with E-state index in [1.54, 1.807) is 0 Å². The van der Waals surface area contributed by atoms with Gasteiger partial charge in [-0.3, -0.25) is 0 Å². The monoisotopic (exact) mass is 396 g/mol. The van der Waals surface area contributed by atoms with E-state index >= 15 is 0 Å². The fourth-order valence-corrected chi connectivity index (χ4v) is 2.40. The number of carboxylic acid groups (broad SMARTS) is 2. The topological polar surface area (TPSA) is 189 Å². The lowest BCUT2D eigenvalue weighted by Gasteiger charge is -2.19. The SMILES string of the molecule is O=C(O)c1cccc(OCCOc2cccc(C(=O)O)c2[NH+]([O-])O)c1[NH+]([O-])O. The number of aromatic carboxylic acids is 2. The van der Waals surface area contributed by atoms with E-state index in [1.807, 2.05) is 0 Å². The second kappa shape index (κ2) is 9.09. The molecule has 12 heteroatoms. The van der Waals surface area contributed by atoms with Gasteiger partial charge in [-0.2, -0.15) is 10.5 Å². The molecule has 28 heavy (non-hydrogen) atoms. The summed E-state index contributed by atoms with van der Waals surface area (Å²) < 4.78 is 10.5. The Morgan fingerprint density at radius 2 is 1.14 bits per heavy atom. The minimum atomic E-state index is -1.49. The molecule has 0 aliphatic carbocycles. The third kappa shape index (κ3) is 4.72. The van der Waals surface area contributed by atoms with Gasteiger partial charge in [0.15, 0.2) is 11.5 Å². The molecule has 2 aromatic rings. The van der Waals surface area contributed by atoms with Gasteiger partial charge >= 0.3 is 11.9 Å². The lowest BCUT2D eigenvalue weighted by molar-refractivity contribution is -0.991. The van der Waals surface area contributed by atoms with E-state index in [4.69, 9.17) is 19.7 Å². The first-order valence-electron chi connectivity index (χ1n) is 7.68. The van der Waals surface area contributed by atoms with Gasteiger partial charge in [0.25, 0.3) is 0 Å². The lowest BCUT2D eigenvalue weighted by atomic mass is 10.1. The fourth-order valence-electron chi connectivity index (χ4n) is 2.40. The summed E-state index contributed by atoms with van der Waals surface area (Å²) in [5.74, 6) is -3.27. The first-order valence-corrected chi connectivity index (χ1v) is 7.68. The summed E-state index contributed by atoms with van der Waals surface area (Å²) in [5.41, 5.74) is -1.97. The zero-order chi connectivity index (χ0) is 20.8. The maximum absolute atomic E-state index is 11.3. The number of carboxylic acids is 2. The number of ether oxygens (including phenoxy) is 2. The number of para-hydroxylation sites is 2. The molecule has 0 spiro atoms. The van der Waals surface area contributed by atoms with Crippen LogP contribution in [0.15, 0.2) is 36.4 Å². The maximum atomic E-state index is 11.3. The van der Waals surface area contributed by atoms with Crippen molar-refractivity contribution in [2.45, 2.75) is 0 Å². The van der Waals surface area contributed by atoms with Crippen molar-refractivity contribution < 1.29 is 50.1 Å². The van der Waals surface area contributed by atoms with Gasteiger partial charge in [-0.15, -0.1) is 0 Å². The summed E-state index contributed by atoms with van der Waals surface area (Å²) in [6.45, 7) is -0.501. The number of quaternary nitrogens is 2. The van der Waals surface area contributed by atoms with E-state index in [0.29, 0.717) is 0 Å². The first kappa shape index (κ1) is 21.0. The average Bonchev–Trinajstić information content (AvgIpc) is 2.64. The largest absolute Gasteiger partial charge is 0.595 e. The van der Waals surface area contributed by atoms with Gasteiger partial charge in [-0.1, -0.05) is 12.1 Å². The molecule has 12 nitrogen and oxygen atoms in total. The molecule has 150 valence electrons. The van der Waals surface area contributed by atoms with E-state index < -0.39 is 44.9 Å². The van der Waals surface area contributed by atoms with Crippen molar-refractivity contribution in [1.82, 2.24) is 0 Å². The van der Waals surface area contributed by atoms with E-state index in [0.717, 1.165) is 12.1 Å². The normalized spacial score (nSPS) is 12.9. The third-order valence-electron chi connectivity index (χ3n) is 3.54. The van der Waals surface area contributed by atoms with Gasteiger partial charge in [0.1, 0.15) is 24.3 Å². The molecule has 2 aromatic carbocycles. The fraction of sp³-hybridized carbons (Fsp3) is 0.125. The van der Waals surface area contributed by atoms with Crippen LogP contribution in [0.1, 0.15) is 20.7 Å². The third-order valence-corrected chi connectivity index (χ3v) is 3.54. The number of hydrogen-bond acceptors (Lipinski definition) is 8. The smallest absolute Gasteiger partial charge is 0.342 e. The molecular weight excluding hydrogens is 380 g/mol. The molecule has 0 aromatic heterocycles. The van der Waals surface area contributed by atoms with Crippen LogP contribution in [0, 0.1) is 10.4 Å². The molecule has 0 aliphatic heterocycles. The Bertz CT molecular complexity index is 797. The summed E-state index contributed by atoms with van der Waals surface area (Å²) in [7, 11) is 0. The van der Waals surface area contributed by atoms with Crippen LogP contribution in [-0.2, 0) is 0 Å². The van der Waals surface area contributed by atoms with Crippen molar-refractivity contribution in [1.29, 1.82) is 0 Å². The second-order valence-corrected chi connectivity index (χ2v) is 5.27. The molecule has 0 saturated heterocycles. The van der Waals surface area contributed by atoms with E-state index in [-0.39, 0.29) is 24.7 Å². The molecule has 0 saturated carbocycles. The van der Waals surface area contributed by atoms with Crippen LogP contribution in [0.5, 0.6) is 11.5 Å². The number of rotatable bonds is 9. The van der Waals surface area contributed by atoms with Crippen LogP contribution in [-0.4, -0.2) is 45.8 Å². The Hall–Kier alpha value is -3.26. The summed E-state index contributed by atoms with van der Waals surface area (Å²) in [4.78, 5) is 22.3. The molecular formula is C16H16N2O10. The highest BCUT2D eigenvalue weighted by molar-refractivity contribution is 5.94. The summed E-state index contributed by atoms with van der Waals surface area (Å²) in [5, 5.41) is 56.2. The van der Waals surface area contributed by atoms with Crippen LogP contribution in [0.4, 0.5) is 11.4 Å². The van der Waals surface area contributed by atoms with E-state index in [9.17, 15) is 30.4 Å². The number of hydrogen-bond donors (Lipinski definition) is 6. The predicted molar refractivity (Wildman–Crippen MR) is 89.3 cm³/mol. The molecule has 0 amide bonds. The van der Waals surface area contributed by atoms with Crippen molar-refractivity contribution in [2.24, 2.45) is 0 Å². The van der Waals surface area contributed by atoms with Crippen molar-refractivity contribution in [3.8, 4) is 11.5 Å². The average molecular weight is 396 g/mol. The van der Waals surface area contributed by atoms with Gasteiger partial charge in [0.05, 0.1) is 0 Å². The van der Waals surface area contributed by atoms with Crippen LogP contribution in [0.25, 0.3) is 0 Å². The maximum Gasteiger partial charge on any atom is 0.342 e. The van der Waals surface area contributed by atoms with Crippen molar-refractivity contribution in [2.75, 3.05) is 13.2 Å². The summed E-state index contributed by atoms with van der Waals surface area (Å²) in [6, 6.07) is 7.39. The lowest BCUT2D eigenvalue weighted by Crippen LogP contribution is -2.99. The molecule has 0 heterocycles. The highest BCUT2D eigenvalue weighted by Crippen LogP contribution is 2.26. The van der Waals surface area contributed by atoms with Crippen LogP contribution in [0.3, 0.4) is 0 Å². The summed E-state index contributed by atoms with van der Waals surface area (Å²) in [6.07, 6.45) is 0. The molecule has 6 N–H and O–H groups in total. The zero-order valence-corrected chi connectivity index (χ0v) is 14.1. The van der Waals surface area contributed by atoms with Gasteiger partial charge in [-0.25, -0.2) is 20.0 Å². The predicted octanol–water partition coefficient (Wildman–Crippen LogP) is -0.652. The van der Waals surface area contributed by atoms with Crippen LogP contribution < -0.4 is 19.9 Å². The van der Waals surface area contributed by atoms with E-state index in [1.165, 1.54) is 24.3 Å². The van der Waals surface area contributed by atoms with E-state index in [2.05, 4.69) is 0 Å². The molecule has 2 rings (SSSR count). The Kier molecular flexibility index (Phi) is 6.84. The van der Waals surface area contributed by atoms with Crippen molar-refractivity contribution in [3.63, 3.8) is 0 Å². The molecule has 2 unspecified atom stereocenters. The number of nitrogens with one attached hydrogen (secondary N) is 2. The number of carbonyl (C=O) groups is 2. The highest BCUT2D eigenvalue weighted by Gasteiger charge is 2.23. The molecule has 0 bridgehead atoms. The zero-order valence-electron chi connectivity index (χ0n) is 14.1. The standard InChI is InChI=1S/C16H16N2O10/c19-15(20)9-3-1-5-11(13(9)17(23)24)27-7-8-28-12-6-2-4-10(16(21)22)14(12)18(25)26/h1-6,17-18,23,25H,7-8H2,(H,19,20)(H,21,22). The molecule has 0 aliphatic rings. The Balaban J connectivity index is 2.12. The Morgan fingerprint density at radius 3 is 1.43 bits per heavy atom. The van der Waals surface area contributed by atoms with Gasteiger partial charge in [0, 0.05) is 0 Å². The quantitative estimate of drug-likeness (QED) is 0.235. The minimum Gasteiger partial charge on any atom is -0.595 e. The van der Waals surface area contributed by atoms with Gasteiger partial charge in [-0.05, 0) is 24.3 Å². The molecule has 2 atom stereocenters.